The quantitative estimate of drug-likeness (QED) is 0.259. The zero-order valence-corrected chi connectivity index (χ0v) is 10.7. The van der Waals surface area contributed by atoms with Crippen LogP contribution < -0.4 is 16.8 Å². The van der Waals surface area contributed by atoms with Gasteiger partial charge in [0.05, 0.1) is 6.17 Å². The Balaban J connectivity index is 3.69. The number of rotatable bonds is 10. The third-order valence-electron chi connectivity index (χ3n) is 2.50. The number of aliphatic carboxylic acids is 2. The van der Waals surface area contributed by atoms with Crippen molar-refractivity contribution in [1.82, 2.24) is 5.32 Å². The first-order valence-electron chi connectivity index (χ1n) is 6.08. The lowest BCUT2D eigenvalue weighted by atomic mass is 10.1. The minimum atomic E-state index is -1.15. The molecular weight excluding hydrogens is 254 g/mol. The number of carbonyl (C=O) groups is 3. The Kier molecular flexibility index (Phi) is 8.47. The molecule has 0 aliphatic heterocycles. The highest BCUT2D eigenvalue weighted by Crippen LogP contribution is 2.02. The second-order valence-electron chi connectivity index (χ2n) is 4.30. The number of amides is 1. The second kappa shape index (κ2) is 9.29. The van der Waals surface area contributed by atoms with E-state index >= 15 is 0 Å². The Bertz CT molecular complexity index is 321. The summed E-state index contributed by atoms with van der Waals surface area (Å²) < 4.78 is 0. The molecule has 1 amide bonds. The average Bonchev–Trinajstić information content (AvgIpc) is 2.31. The largest absolute Gasteiger partial charge is 0.481 e. The van der Waals surface area contributed by atoms with Gasteiger partial charge in [-0.3, -0.25) is 14.4 Å². The molecule has 0 aromatic carbocycles. The zero-order valence-electron chi connectivity index (χ0n) is 10.7. The number of nitrogens with two attached hydrogens (primary N) is 2. The Labute approximate surface area is 111 Å². The molecule has 0 aliphatic rings. The van der Waals surface area contributed by atoms with Crippen LogP contribution in [0.15, 0.2) is 0 Å². The van der Waals surface area contributed by atoms with Crippen LogP contribution in [0.3, 0.4) is 0 Å². The Morgan fingerprint density at radius 2 is 1.63 bits per heavy atom. The zero-order chi connectivity index (χ0) is 14.8. The minimum Gasteiger partial charge on any atom is -0.481 e. The van der Waals surface area contributed by atoms with E-state index in [4.69, 9.17) is 21.7 Å². The molecule has 0 bridgehead atoms. The van der Waals surface area contributed by atoms with Crippen LogP contribution in [0.25, 0.3) is 0 Å². The lowest BCUT2D eigenvalue weighted by Crippen LogP contribution is -2.42. The van der Waals surface area contributed by atoms with Gasteiger partial charge < -0.3 is 27.0 Å². The van der Waals surface area contributed by atoms with Crippen molar-refractivity contribution in [2.24, 2.45) is 11.5 Å². The molecule has 19 heavy (non-hydrogen) atoms. The summed E-state index contributed by atoms with van der Waals surface area (Å²) >= 11 is 0. The predicted molar refractivity (Wildman–Crippen MR) is 67.1 cm³/mol. The summed E-state index contributed by atoms with van der Waals surface area (Å²) in [4.78, 5) is 32.1. The van der Waals surface area contributed by atoms with E-state index in [1.54, 1.807) is 0 Å². The highest BCUT2D eigenvalue weighted by molar-refractivity contribution is 5.78. The number of hydrogen-bond donors (Lipinski definition) is 5. The fourth-order valence-corrected chi connectivity index (χ4v) is 1.40. The van der Waals surface area contributed by atoms with Gasteiger partial charge in [0.2, 0.25) is 5.91 Å². The van der Waals surface area contributed by atoms with E-state index in [0.29, 0.717) is 19.3 Å². The molecule has 0 aliphatic carbocycles. The molecule has 110 valence electrons. The SMILES string of the molecule is N[C@H](CCCCC(=O)O)NC(=O)CC[C@H](N)C(=O)O. The van der Waals surface area contributed by atoms with Crippen molar-refractivity contribution in [3.63, 3.8) is 0 Å². The van der Waals surface area contributed by atoms with E-state index < -0.39 is 24.1 Å². The highest BCUT2D eigenvalue weighted by atomic mass is 16.4. The maximum atomic E-state index is 11.4. The molecule has 8 heteroatoms. The second-order valence-corrected chi connectivity index (χ2v) is 4.30. The number of carboxylic acid groups (broad SMARTS) is 2. The number of unbranched alkanes of at least 4 members (excludes halogenated alkanes) is 1. The molecule has 0 radical (unpaired) electrons. The minimum absolute atomic E-state index is 0.00368. The van der Waals surface area contributed by atoms with E-state index in [-0.39, 0.29) is 25.2 Å². The maximum Gasteiger partial charge on any atom is 0.320 e. The fourth-order valence-electron chi connectivity index (χ4n) is 1.40. The van der Waals surface area contributed by atoms with Gasteiger partial charge in [0, 0.05) is 12.8 Å². The van der Waals surface area contributed by atoms with Gasteiger partial charge in [0.15, 0.2) is 0 Å². The summed E-state index contributed by atoms with van der Waals surface area (Å²) in [6, 6.07) is -1.06. The van der Waals surface area contributed by atoms with Crippen molar-refractivity contribution in [2.75, 3.05) is 0 Å². The molecule has 0 spiro atoms. The van der Waals surface area contributed by atoms with Crippen LogP contribution in [0.2, 0.25) is 0 Å². The van der Waals surface area contributed by atoms with Gasteiger partial charge in [-0.2, -0.15) is 0 Å². The summed E-state index contributed by atoms with van der Waals surface area (Å²) in [5, 5.41) is 19.5. The number of nitrogens with one attached hydrogen (secondary N) is 1. The molecule has 0 rings (SSSR count). The Morgan fingerprint density at radius 3 is 2.16 bits per heavy atom. The lowest BCUT2D eigenvalue weighted by Gasteiger charge is -2.14. The van der Waals surface area contributed by atoms with Gasteiger partial charge in [0.1, 0.15) is 6.04 Å². The number of carbonyl (C=O) groups excluding carboxylic acids is 1. The molecule has 8 nitrogen and oxygen atoms in total. The standard InChI is InChI=1S/C11H21N3O5/c12-7(11(18)19)5-6-9(15)14-8(13)3-1-2-4-10(16)17/h7-8H,1-6,12-13H2,(H,14,15)(H,16,17)(H,18,19)/t7-,8-/m0/s1. The van der Waals surface area contributed by atoms with Crippen molar-refractivity contribution in [3.05, 3.63) is 0 Å². The molecule has 0 heterocycles. The van der Waals surface area contributed by atoms with E-state index in [0.717, 1.165) is 0 Å². The summed E-state index contributed by atoms with van der Waals surface area (Å²) in [5.41, 5.74) is 10.9. The van der Waals surface area contributed by atoms with Gasteiger partial charge in [-0.25, -0.2) is 0 Å². The lowest BCUT2D eigenvalue weighted by molar-refractivity contribution is -0.139. The van der Waals surface area contributed by atoms with Crippen LogP contribution in [0.5, 0.6) is 0 Å². The van der Waals surface area contributed by atoms with Crippen LogP contribution in [0.4, 0.5) is 0 Å². The van der Waals surface area contributed by atoms with E-state index in [1.807, 2.05) is 0 Å². The summed E-state index contributed by atoms with van der Waals surface area (Å²) in [7, 11) is 0. The Morgan fingerprint density at radius 1 is 1.00 bits per heavy atom. The highest BCUT2D eigenvalue weighted by Gasteiger charge is 2.14. The van der Waals surface area contributed by atoms with Gasteiger partial charge >= 0.3 is 11.9 Å². The Hall–Kier alpha value is -1.67. The molecule has 0 fully saturated rings. The van der Waals surface area contributed by atoms with Crippen LogP contribution in [0, 0.1) is 0 Å². The summed E-state index contributed by atoms with van der Waals surface area (Å²) in [6.45, 7) is 0. The first-order valence-corrected chi connectivity index (χ1v) is 6.08. The van der Waals surface area contributed by atoms with Gasteiger partial charge in [-0.15, -0.1) is 0 Å². The third-order valence-corrected chi connectivity index (χ3v) is 2.50. The van der Waals surface area contributed by atoms with Crippen molar-refractivity contribution in [3.8, 4) is 0 Å². The first-order chi connectivity index (χ1) is 8.82. The summed E-state index contributed by atoms with van der Waals surface area (Å²) in [6.07, 6.45) is 1.15. The topological polar surface area (TPSA) is 156 Å². The van der Waals surface area contributed by atoms with Gasteiger partial charge in [0.25, 0.3) is 0 Å². The summed E-state index contributed by atoms with van der Waals surface area (Å²) in [5.74, 6) is -2.37. The van der Waals surface area contributed by atoms with E-state index in [2.05, 4.69) is 5.32 Å². The van der Waals surface area contributed by atoms with Crippen molar-refractivity contribution < 1.29 is 24.6 Å². The molecular formula is C11H21N3O5. The van der Waals surface area contributed by atoms with Gasteiger partial charge in [-0.1, -0.05) is 0 Å². The van der Waals surface area contributed by atoms with Crippen LogP contribution in [0.1, 0.15) is 38.5 Å². The van der Waals surface area contributed by atoms with E-state index in [9.17, 15) is 14.4 Å². The van der Waals surface area contributed by atoms with Crippen LogP contribution in [-0.2, 0) is 14.4 Å². The molecule has 2 atom stereocenters. The molecule has 0 aromatic rings. The van der Waals surface area contributed by atoms with Crippen LogP contribution >= 0.6 is 0 Å². The van der Waals surface area contributed by atoms with Crippen LogP contribution in [-0.4, -0.2) is 40.3 Å². The normalized spacial score (nSPS) is 13.6. The van der Waals surface area contributed by atoms with Crippen molar-refractivity contribution in [1.29, 1.82) is 0 Å². The molecule has 0 saturated carbocycles. The molecule has 0 unspecified atom stereocenters. The predicted octanol–water partition coefficient (Wildman–Crippen LogP) is -0.775. The maximum absolute atomic E-state index is 11.4. The monoisotopic (exact) mass is 275 g/mol. The van der Waals surface area contributed by atoms with Crippen molar-refractivity contribution >= 4 is 17.8 Å². The molecule has 0 aromatic heterocycles. The van der Waals surface area contributed by atoms with Gasteiger partial charge in [-0.05, 0) is 25.7 Å². The molecule has 7 N–H and O–H groups in total. The number of carboxylic acids is 2. The first kappa shape index (κ1) is 17.3. The number of hydrogen-bond acceptors (Lipinski definition) is 5. The van der Waals surface area contributed by atoms with E-state index in [1.165, 1.54) is 0 Å². The molecule has 0 saturated heterocycles. The fraction of sp³-hybridized carbons (Fsp3) is 0.727. The third kappa shape index (κ3) is 9.98. The smallest absolute Gasteiger partial charge is 0.320 e. The van der Waals surface area contributed by atoms with Crippen molar-refractivity contribution in [2.45, 2.75) is 50.7 Å². The average molecular weight is 275 g/mol.